The molecule has 0 aliphatic rings. The van der Waals surface area contributed by atoms with Crippen LogP contribution < -0.4 is 10.1 Å². The first-order chi connectivity index (χ1) is 9.49. The summed E-state index contributed by atoms with van der Waals surface area (Å²) in [5, 5.41) is 14.1. The van der Waals surface area contributed by atoms with Gasteiger partial charge in [0.15, 0.2) is 0 Å². The molecule has 0 unspecified atom stereocenters. The van der Waals surface area contributed by atoms with Gasteiger partial charge in [-0.15, -0.1) is 12.6 Å². The lowest BCUT2D eigenvalue weighted by Crippen LogP contribution is -1.97. The lowest BCUT2D eigenvalue weighted by Gasteiger charge is -2.10. The van der Waals surface area contributed by atoms with Crippen LogP contribution in [-0.4, -0.2) is 12.0 Å². The highest BCUT2D eigenvalue weighted by atomic mass is 79.9. The van der Waals surface area contributed by atoms with Gasteiger partial charge in [-0.25, -0.2) is 0 Å². The number of rotatable bonds is 4. The van der Waals surface area contributed by atoms with E-state index in [1.807, 2.05) is 0 Å². The second-order valence-electron chi connectivity index (χ2n) is 3.96. The molecule has 20 heavy (non-hydrogen) atoms. The molecule has 0 aromatic heterocycles. The molecule has 0 fully saturated rings. The zero-order valence-electron chi connectivity index (χ0n) is 10.5. The normalized spacial score (nSPS) is 10.2. The highest BCUT2D eigenvalue weighted by Gasteiger charge is 2.14. The number of nitrogens with zero attached hydrogens (tertiary/aromatic N) is 1. The number of benzene rings is 2. The van der Waals surface area contributed by atoms with Crippen LogP contribution in [0.5, 0.6) is 5.75 Å². The maximum Gasteiger partial charge on any atom is 0.293 e. The maximum absolute atomic E-state index is 11.1. The molecule has 0 heterocycles. The number of halogens is 1. The first kappa shape index (κ1) is 14.7. The quantitative estimate of drug-likeness (QED) is 0.485. The molecule has 1 N–H and O–H groups in total. The van der Waals surface area contributed by atoms with E-state index in [-0.39, 0.29) is 5.69 Å². The molecule has 2 rings (SSSR count). The van der Waals surface area contributed by atoms with Gasteiger partial charge in [-0.1, -0.05) is 15.9 Å². The Balaban J connectivity index is 2.39. The number of hydrogen-bond donors (Lipinski definition) is 2. The number of nitro groups is 1. The third-order valence-corrected chi connectivity index (χ3v) is 3.30. The minimum atomic E-state index is -0.447. The number of nitro benzene ring substituents is 1. The van der Waals surface area contributed by atoms with Crippen LogP contribution in [0.1, 0.15) is 0 Å². The van der Waals surface area contributed by atoms with Crippen LogP contribution in [0.15, 0.2) is 45.8 Å². The summed E-state index contributed by atoms with van der Waals surface area (Å²) in [5.41, 5.74) is 1.05. The molecule has 104 valence electrons. The average molecular weight is 355 g/mol. The molecule has 7 heteroatoms. The zero-order valence-corrected chi connectivity index (χ0v) is 12.9. The largest absolute Gasteiger partial charge is 0.497 e. The van der Waals surface area contributed by atoms with E-state index in [9.17, 15) is 10.1 Å². The van der Waals surface area contributed by atoms with Crippen LogP contribution >= 0.6 is 28.6 Å². The van der Waals surface area contributed by atoms with E-state index >= 15 is 0 Å². The van der Waals surface area contributed by atoms with Crippen molar-refractivity contribution in [1.29, 1.82) is 0 Å². The molecule has 0 saturated heterocycles. The Morgan fingerprint density at radius 2 is 2.05 bits per heavy atom. The van der Waals surface area contributed by atoms with E-state index < -0.39 is 4.92 Å². The standard InChI is InChI=1S/C13H11BrN2O3S/c1-19-10-5-8(14)4-9(6-10)15-12-3-2-11(20)7-13(12)16(17)18/h2-7,15,20H,1H3. The summed E-state index contributed by atoms with van der Waals surface area (Å²) >= 11 is 7.47. The Morgan fingerprint density at radius 3 is 2.70 bits per heavy atom. The Labute approximate surface area is 129 Å². The third-order valence-electron chi connectivity index (χ3n) is 2.56. The Morgan fingerprint density at radius 1 is 1.30 bits per heavy atom. The highest BCUT2D eigenvalue weighted by Crippen LogP contribution is 2.32. The lowest BCUT2D eigenvalue weighted by molar-refractivity contribution is -0.384. The Hall–Kier alpha value is -1.73. The van der Waals surface area contributed by atoms with Gasteiger partial charge >= 0.3 is 0 Å². The average Bonchev–Trinajstić information content (AvgIpc) is 2.40. The fourth-order valence-corrected chi connectivity index (χ4v) is 2.35. The van der Waals surface area contributed by atoms with Gasteiger partial charge in [0.05, 0.1) is 12.0 Å². The summed E-state index contributed by atoms with van der Waals surface area (Å²) in [7, 11) is 1.56. The topological polar surface area (TPSA) is 64.4 Å². The summed E-state index contributed by atoms with van der Waals surface area (Å²) in [6, 6.07) is 10.1. The van der Waals surface area contributed by atoms with Crippen molar-refractivity contribution in [1.82, 2.24) is 0 Å². The van der Waals surface area contributed by atoms with Crippen molar-refractivity contribution in [3.63, 3.8) is 0 Å². The first-order valence-corrected chi connectivity index (χ1v) is 6.82. The van der Waals surface area contributed by atoms with Gasteiger partial charge in [-0.05, 0) is 24.3 Å². The molecule has 0 saturated carbocycles. The van der Waals surface area contributed by atoms with Gasteiger partial charge in [0.2, 0.25) is 0 Å². The van der Waals surface area contributed by atoms with Crippen molar-refractivity contribution < 1.29 is 9.66 Å². The van der Waals surface area contributed by atoms with E-state index in [4.69, 9.17) is 4.74 Å². The number of methoxy groups -OCH3 is 1. The zero-order chi connectivity index (χ0) is 14.7. The van der Waals surface area contributed by atoms with E-state index in [0.29, 0.717) is 22.0 Å². The van der Waals surface area contributed by atoms with Gasteiger partial charge in [0, 0.05) is 27.2 Å². The van der Waals surface area contributed by atoms with E-state index in [0.717, 1.165) is 4.47 Å². The van der Waals surface area contributed by atoms with Gasteiger partial charge in [-0.2, -0.15) is 0 Å². The van der Waals surface area contributed by atoms with Crippen LogP contribution in [-0.2, 0) is 0 Å². The van der Waals surface area contributed by atoms with Gasteiger partial charge < -0.3 is 10.1 Å². The van der Waals surface area contributed by atoms with Crippen molar-refractivity contribution >= 4 is 45.6 Å². The molecule has 0 aliphatic heterocycles. The molecule has 5 nitrogen and oxygen atoms in total. The Bertz CT molecular complexity index is 664. The van der Waals surface area contributed by atoms with Gasteiger partial charge in [0.25, 0.3) is 5.69 Å². The second kappa shape index (κ2) is 6.15. The van der Waals surface area contributed by atoms with E-state index in [2.05, 4.69) is 33.9 Å². The Kier molecular flexibility index (Phi) is 4.51. The smallest absolute Gasteiger partial charge is 0.293 e. The molecule has 0 atom stereocenters. The van der Waals surface area contributed by atoms with Crippen LogP contribution in [0.3, 0.4) is 0 Å². The summed E-state index contributed by atoms with van der Waals surface area (Å²) in [5.74, 6) is 0.648. The first-order valence-electron chi connectivity index (χ1n) is 5.58. The molecular formula is C13H11BrN2O3S. The van der Waals surface area contributed by atoms with Crippen LogP contribution in [0.4, 0.5) is 17.1 Å². The van der Waals surface area contributed by atoms with Crippen molar-refractivity contribution in [3.8, 4) is 5.75 Å². The van der Waals surface area contributed by atoms with Crippen molar-refractivity contribution in [3.05, 3.63) is 51.0 Å². The number of ether oxygens (including phenoxy) is 1. The highest BCUT2D eigenvalue weighted by molar-refractivity contribution is 9.10. The van der Waals surface area contributed by atoms with Crippen LogP contribution in [0, 0.1) is 10.1 Å². The number of thiol groups is 1. The van der Waals surface area contributed by atoms with Gasteiger partial charge in [0.1, 0.15) is 11.4 Å². The summed E-state index contributed by atoms with van der Waals surface area (Å²) in [4.78, 5) is 11.1. The minimum absolute atomic E-state index is 0.0311. The molecule has 0 aliphatic carbocycles. The number of nitrogens with one attached hydrogen (secondary N) is 1. The molecule has 0 bridgehead atoms. The maximum atomic E-state index is 11.1. The second-order valence-corrected chi connectivity index (χ2v) is 5.40. The fraction of sp³-hybridized carbons (Fsp3) is 0.0769. The number of anilines is 2. The van der Waals surface area contributed by atoms with Crippen molar-refractivity contribution in [2.45, 2.75) is 4.90 Å². The van der Waals surface area contributed by atoms with Crippen LogP contribution in [0.2, 0.25) is 0 Å². The van der Waals surface area contributed by atoms with Crippen LogP contribution in [0.25, 0.3) is 0 Å². The fourth-order valence-electron chi connectivity index (χ4n) is 1.69. The number of hydrogen-bond acceptors (Lipinski definition) is 5. The predicted octanol–water partition coefficient (Wildman–Crippen LogP) is 4.40. The molecule has 2 aromatic rings. The van der Waals surface area contributed by atoms with Crippen molar-refractivity contribution in [2.75, 3.05) is 12.4 Å². The van der Waals surface area contributed by atoms with E-state index in [1.54, 1.807) is 37.4 Å². The van der Waals surface area contributed by atoms with E-state index in [1.165, 1.54) is 6.07 Å². The molecule has 2 aromatic carbocycles. The third kappa shape index (κ3) is 3.43. The summed E-state index contributed by atoms with van der Waals surface area (Å²) < 4.78 is 5.97. The lowest BCUT2D eigenvalue weighted by atomic mass is 10.2. The minimum Gasteiger partial charge on any atom is -0.497 e. The molecule has 0 spiro atoms. The van der Waals surface area contributed by atoms with Gasteiger partial charge in [-0.3, -0.25) is 10.1 Å². The van der Waals surface area contributed by atoms with Crippen molar-refractivity contribution in [2.24, 2.45) is 0 Å². The monoisotopic (exact) mass is 354 g/mol. The summed E-state index contributed by atoms with van der Waals surface area (Å²) in [6.45, 7) is 0. The molecule has 0 radical (unpaired) electrons. The summed E-state index contributed by atoms with van der Waals surface area (Å²) in [6.07, 6.45) is 0. The molecule has 0 amide bonds. The predicted molar refractivity (Wildman–Crippen MR) is 84.3 cm³/mol. The SMILES string of the molecule is COc1cc(Br)cc(Nc2ccc(S)cc2[N+](=O)[O-])c1. The molecular weight excluding hydrogens is 344 g/mol.